The van der Waals surface area contributed by atoms with Crippen LogP contribution in [0.15, 0.2) is 18.2 Å². The summed E-state index contributed by atoms with van der Waals surface area (Å²) in [4.78, 5) is 2.40. The quantitative estimate of drug-likeness (QED) is 0.819. The summed E-state index contributed by atoms with van der Waals surface area (Å²) in [7, 11) is 3.88. The molecule has 0 bridgehead atoms. The van der Waals surface area contributed by atoms with E-state index in [-0.39, 0.29) is 0 Å². The molecule has 100 valence electrons. The third-order valence-electron chi connectivity index (χ3n) is 3.74. The lowest BCUT2D eigenvalue weighted by Crippen LogP contribution is -2.40. The van der Waals surface area contributed by atoms with Crippen molar-refractivity contribution in [3.8, 4) is 11.5 Å². The van der Waals surface area contributed by atoms with Gasteiger partial charge in [0, 0.05) is 12.1 Å². The van der Waals surface area contributed by atoms with Crippen molar-refractivity contribution >= 4 is 0 Å². The van der Waals surface area contributed by atoms with Gasteiger partial charge >= 0.3 is 0 Å². The highest BCUT2D eigenvalue weighted by Crippen LogP contribution is 2.24. The minimum atomic E-state index is 0.547. The van der Waals surface area contributed by atoms with Crippen LogP contribution in [0, 0.1) is 6.92 Å². The highest BCUT2D eigenvalue weighted by Gasteiger charge is 2.19. The van der Waals surface area contributed by atoms with E-state index in [0.717, 1.165) is 23.7 Å². The number of piperidine rings is 1. The third kappa shape index (κ3) is 3.16. The topological polar surface area (TPSA) is 21.7 Å². The Morgan fingerprint density at radius 2 is 2.17 bits per heavy atom. The summed E-state index contributed by atoms with van der Waals surface area (Å²) < 4.78 is 11.2. The van der Waals surface area contributed by atoms with Gasteiger partial charge in [-0.3, -0.25) is 0 Å². The number of ether oxygens (including phenoxy) is 2. The fraction of sp³-hybridized carbons (Fsp3) is 0.600. The zero-order valence-electron chi connectivity index (χ0n) is 11.6. The van der Waals surface area contributed by atoms with Gasteiger partial charge in [0.05, 0.1) is 7.11 Å². The lowest BCUT2D eigenvalue weighted by atomic mass is 10.0. The highest BCUT2D eigenvalue weighted by atomic mass is 16.5. The molecule has 1 saturated heterocycles. The lowest BCUT2D eigenvalue weighted by Gasteiger charge is -2.32. The van der Waals surface area contributed by atoms with Crippen molar-refractivity contribution in [2.24, 2.45) is 0 Å². The molecule has 0 N–H and O–H groups in total. The Bertz CT molecular complexity index is 392. The second kappa shape index (κ2) is 6.10. The zero-order valence-corrected chi connectivity index (χ0v) is 11.6. The minimum absolute atomic E-state index is 0.547. The molecule has 3 heteroatoms. The van der Waals surface area contributed by atoms with Crippen LogP contribution in [0.2, 0.25) is 0 Å². The molecule has 0 aliphatic carbocycles. The molecular formula is C15H23NO2. The van der Waals surface area contributed by atoms with E-state index in [1.54, 1.807) is 7.11 Å². The van der Waals surface area contributed by atoms with Crippen molar-refractivity contribution in [2.45, 2.75) is 32.2 Å². The van der Waals surface area contributed by atoms with Crippen molar-refractivity contribution < 1.29 is 9.47 Å². The molecule has 1 unspecified atom stereocenters. The first-order valence-corrected chi connectivity index (χ1v) is 6.68. The van der Waals surface area contributed by atoms with E-state index in [9.17, 15) is 0 Å². The van der Waals surface area contributed by atoms with Gasteiger partial charge in [0.25, 0.3) is 0 Å². The van der Waals surface area contributed by atoms with Crippen LogP contribution >= 0.6 is 0 Å². The Morgan fingerprint density at radius 1 is 1.33 bits per heavy atom. The predicted octanol–water partition coefficient (Wildman–Crippen LogP) is 2.87. The standard InChI is InChI=1S/C15H23NO2/c1-12-7-8-14(10-15(12)17-3)18-11-13-6-4-5-9-16(13)2/h7-8,10,13H,4-6,9,11H2,1-3H3. The van der Waals surface area contributed by atoms with Crippen LogP contribution in [0.4, 0.5) is 0 Å². The molecule has 0 saturated carbocycles. The Hall–Kier alpha value is -1.22. The number of methoxy groups -OCH3 is 1. The van der Waals surface area contributed by atoms with Crippen molar-refractivity contribution in [1.29, 1.82) is 0 Å². The molecule has 1 aliphatic heterocycles. The van der Waals surface area contributed by atoms with Gasteiger partial charge in [-0.25, -0.2) is 0 Å². The SMILES string of the molecule is COc1cc(OCC2CCCCN2C)ccc1C. The molecule has 1 aromatic rings. The van der Waals surface area contributed by atoms with E-state index < -0.39 is 0 Å². The monoisotopic (exact) mass is 249 g/mol. The molecule has 0 aromatic heterocycles. The molecule has 1 atom stereocenters. The summed E-state index contributed by atoms with van der Waals surface area (Å²) in [6, 6.07) is 6.57. The number of benzene rings is 1. The number of rotatable bonds is 4. The van der Waals surface area contributed by atoms with Crippen LogP contribution in [-0.2, 0) is 0 Å². The molecule has 1 aromatic carbocycles. The first-order valence-electron chi connectivity index (χ1n) is 6.68. The maximum absolute atomic E-state index is 5.89. The molecule has 0 radical (unpaired) electrons. The van der Waals surface area contributed by atoms with Crippen molar-refractivity contribution in [2.75, 3.05) is 27.3 Å². The molecular weight excluding hydrogens is 226 g/mol. The van der Waals surface area contributed by atoms with Gasteiger partial charge in [0.15, 0.2) is 0 Å². The van der Waals surface area contributed by atoms with Crippen LogP contribution in [0.5, 0.6) is 11.5 Å². The van der Waals surface area contributed by atoms with E-state index in [2.05, 4.69) is 11.9 Å². The average Bonchev–Trinajstić information content (AvgIpc) is 2.39. The highest BCUT2D eigenvalue weighted by molar-refractivity contribution is 5.39. The van der Waals surface area contributed by atoms with E-state index in [4.69, 9.17) is 9.47 Å². The van der Waals surface area contributed by atoms with Crippen LogP contribution in [0.25, 0.3) is 0 Å². The van der Waals surface area contributed by atoms with Crippen molar-refractivity contribution in [3.05, 3.63) is 23.8 Å². The second-order valence-corrected chi connectivity index (χ2v) is 5.07. The second-order valence-electron chi connectivity index (χ2n) is 5.07. The average molecular weight is 249 g/mol. The van der Waals surface area contributed by atoms with Gasteiger partial charge < -0.3 is 14.4 Å². The summed E-state index contributed by atoms with van der Waals surface area (Å²) in [5, 5.41) is 0. The van der Waals surface area contributed by atoms with Gasteiger partial charge in [-0.2, -0.15) is 0 Å². The first kappa shape index (κ1) is 13.2. The van der Waals surface area contributed by atoms with Gasteiger partial charge in [-0.05, 0) is 45.0 Å². The zero-order chi connectivity index (χ0) is 13.0. The van der Waals surface area contributed by atoms with Gasteiger partial charge in [-0.15, -0.1) is 0 Å². The fourth-order valence-corrected chi connectivity index (χ4v) is 2.44. The molecule has 2 rings (SSSR count). The van der Waals surface area contributed by atoms with Crippen LogP contribution in [0.3, 0.4) is 0 Å². The summed E-state index contributed by atoms with van der Waals surface area (Å²) >= 11 is 0. The van der Waals surface area contributed by atoms with Crippen LogP contribution in [-0.4, -0.2) is 38.3 Å². The van der Waals surface area contributed by atoms with E-state index in [1.165, 1.54) is 25.8 Å². The van der Waals surface area contributed by atoms with E-state index in [0.29, 0.717) is 6.04 Å². The first-order chi connectivity index (χ1) is 8.70. The van der Waals surface area contributed by atoms with Crippen LogP contribution in [0.1, 0.15) is 24.8 Å². The number of hydrogen-bond donors (Lipinski definition) is 0. The molecule has 0 amide bonds. The maximum Gasteiger partial charge on any atom is 0.125 e. The molecule has 1 heterocycles. The molecule has 0 spiro atoms. The lowest BCUT2D eigenvalue weighted by molar-refractivity contribution is 0.125. The predicted molar refractivity (Wildman–Crippen MR) is 73.5 cm³/mol. The summed E-state index contributed by atoms with van der Waals surface area (Å²) in [5.74, 6) is 1.79. The molecule has 1 aliphatic rings. The van der Waals surface area contributed by atoms with E-state index >= 15 is 0 Å². The maximum atomic E-state index is 5.89. The number of nitrogens with zero attached hydrogens (tertiary/aromatic N) is 1. The van der Waals surface area contributed by atoms with Gasteiger partial charge in [0.1, 0.15) is 18.1 Å². The Morgan fingerprint density at radius 3 is 2.89 bits per heavy atom. The fourth-order valence-electron chi connectivity index (χ4n) is 2.44. The Labute approximate surface area is 110 Å². The van der Waals surface area contributed by atoms with Crippen molar-refractivity contribution in [3.63, 3.8) is 0 Å². The number of likely N-dealkylation sites (tertiary alicyclic amines) is 1. The number of aryl methyl sites for hydroxylation is 1. The smallest absolute Gasteiger partial charge is 0.125 e. The Kier molecular flexibility index (Phi) is 4.48. The molecule has 3 nitrogen and oxygen atoms in total. The number of likely N-dealkylation sites (N-methyl/N-ethyl adjacent to an activating group) is 1. The van der Waals surface area contributed by atoms with Gasteiger partial charge in [0.2, 0.25) is 0 Å². The van der Waals surface area contributed by atoms with Gasteiger partial charge in [-0.1, -0.05) is 12.5 Å². The largest absolute Gasteiger partial charge is 0.496 e. The molecule has 18 heavy (non-hydrogen) atoms. The van der Waals surface area contributed by atoms with E-state index in [1.807, 2.05) is 25.1 Å². The third-order valence-corrected chi connectivity index (χ3v) is 3.74. The normalized spacial score (nSPS) is 20.7. The Balaban J connectivity index is 1.93. The minimum Gasteiger partial charge on any atom is -0.496 e. The number of hydrogen-bond acceptors (Lipinski definition) is 3. The molecule has 1 fully saturated rings. The summed E-state index contributed by atoms with van der Waals surface area (Å²) in [5.41, 5.74) is 1.14. The van der Waals surface area contributed by atoms with Crippen LogP contribution < -0.4 is 9.47 Å². The van der Waals surface area contributed by atoms with Crippen molar-refractivity contribution in [1.82, 2.24) is 4.90 Å². The summed E-state index contributed by atoms with van der Waals surface area (Å²) in [6.45, 7) is 3.99. The summed E-state index contributed by atoms with van der Waals surface area (Å²) in [6.07, 6.45) is 3.86.